The second-order valence-electron chi connectivity index (χ2n) is 7.53. The molecule has 2 heterocycles. The lowest BCUT2D eigenvalue weighted by molar-refractivity contribution is -0.633. The summed E-state index contributed by atoms with van der Waals surface area (Å²) in [6.07, 6.45) is 0. The third-order valence-corrected chi connectivity index (χ3v) is 5.36. The maximum Gasteiger partial charge on any atom is 0.224 e. The molecule has 0 atom stereocenters. The molecule has 0 aliphatic heterocycles. The third kappa shape index (κ3) is 3.05. The number of benzene rings is 2. The molecular formula is C24H25N4+. The predicted octanol–water partition coefficient (Wildman–Crippen LogP) is 4.73. The molecule has 28 heavy (non-hydrogen) atoms. The molecule has 0 bridgehead atoms. The van der Waals surface area contributed by atoms with Gasteiger partial charge in [0.25, 0.3) is 0 Å². The van der Waals surface area contributed by atoms with Gasteiger partial charge < -0.3 is 0 Å². The van der Waals surface area contributed by atoms with Gasteiger partial charge in [-0.05, 0) is 63.9 Å². The van der Waals surface area contributed by atoms with E-state index in [9.17, 15) is 0 Å². The Morgan fingerprint density at radius 1 is 0.750 bits per heavy atom. The summed E-state index contributed by atoms with van der Waals surface area (Å²) in [5.41, 5.74) is 8.38. The van der Waals surface area contributed by atoms with Gasteiger partial charge in [0.1, 0.15) is 18.7 Å². The smallest absolute Gasteiger partial charge is 0.219 e. The van der Waals surface area contributed by atoms with Crippen molar-refractivity contribution in [1.29, 1.82) is 0 Å². The third-order valence-electron chi connectivity index (χ3n) is 5.36. The zero-order valence-electron chi connectivity index (χ0n) is 17.3. The van der Waals surface area contributed by atoms with Crippen LogP contribution in [0.15, 0.2) is 42.5 Å². The van der Waals surface area contributed by atoms with E-state index in [1.165, 1.54) is 33.2 Å². The van der Waals surface area contributed by atoms with E-state index in [1.54, 1.807) is 0 Å². The molecular weight excluding hydrogens is 344 g/mol. The van der Waals surface area contributed by atoms with E-state index in [0.717, 1.165) is 28.7 Å². The van der Waals surface area contributed by atoms with Crippen LogP contribution in [0.25, 0.3) is 33.5 Å². The summed E-state index contributed by atoms with van der Waals surface area (Å²) in [7, 11) is 2.12. The van der Waals surface area contributed by atoms with Gasteiger partial charge in [-0.3, -0.25) is 0 Å². The summed E-state index contributed by atoms with van der Waals surface area (Å²) in [5, 5.41) is 1.17. The quantitative estimate of drug-likeness (QED) is 0.480. The van der Waals surface area contributed by atoms with Gasteiger partial charge in [-0.25, -0.2) is 15.0 Å². The van der Waals surface area contributed by atoms with E-state index in [0.29, 0.717) is 0 Å². The first-order valence-electron chi connectivity index (χ1n) is 9.55. The molecule has 0 saturated carbocycles. The molecule has 0 N–H and O–H groups in total. The minimum Gasteiger partial charge on any atom is -0.219 e. The molecule has 0 fully saturated rings. The van der Waals surface area contributed by atoms with Crippen LogP contribution in [0.5, 0.6) is 0 Å². The van der Waals surface area contributed by atoms with E-state index in [1.807, 2.05) is 13.8 Å². The van der Waals surface area contributed by atoms with Crippen LogP contribution < -0.4 is 4.57 Å². The fourth-order valence-electron chi connectivity index (χ4n) is 3.96. The van der Waals surface area contributed by atoms with Crippen molar-refractivity contribution in [3.05, 3.63) is 70.8 Å². The number of nitrogens with zero attached hydrogens (tertiary/aromatic N) is 4. The second-order valence-corrected chi connectivity index (χ2v) is 7.53. The Bertz CT molecular complexity index is 1200. The molecule has 0 saturated heterocycles. The Labute approximate surface area is 166 Å². The number of fused-ring (bicyclic) bond motifs is 1. The van der Waals surface area contributed by atoms with Crippen LogP contribution >= 0.6 is 0 Å². The Kier molecular flexibility index (Phi) is 4.42. The van der Waals surface area contributed by atoms with Crippen molar-refractivity contribution in [3.8, 4) is 22.6 Å². The Morgan fingerprint density at radius 3 is 2.14 bits per heavy atom. The van der Waals surface area contributed by atoms with Crippen LogP contribution in [-0.2, 0) is 7.05 Å². The molecule has 2 aromatic heterocycles. The number of aryl methyl sites for hydroxylation is 5. The lowest BCUT2D eigenvalue weighted by Gasteiger charge is -2.14. The molecule has 4 heteroatoms. The molecule has 0 amide bonds. The first-order valence-corrected chi connectivity index (χ1v) is 9.55. The number of hydrogen-bond acceptors (Lipinski definition) is 3. The minimum absolute atomic E-state index is 0.722. The Morgan fingerprint density at radius 2 is 1.43 bits per heavy atom. The van der Waals surface area contributed by atoms with Gasteiger partial charge in [0.15, 0.2) is 5.82 Å². The zero-order chi connectivity index (χ0) is 20.0. The molecule has 2 aromatic carbocycles. The van der Waals surface area contributed by atoms with Crippen LogP contribution in [-0.4, -0.2) is 15.0 Å². The molecule has 4 nitrogen and oxygen atoms in total. The molecule has 0 unspecified atom stereocenters. The highest BCUT2D eigenvalue weighted by molar-refractivity contribution is 5.87. The first kappa shape index (κ1) is 18.2. The number of aromatic nitrogens is 4. The summed E-state index contributed by atoms with van der Waals surface area (Å²) in [6, 6.07) is 15.1. The van der Waals surface area contributed by atoms with E-state index in [4.69, 9.17) is 0 Å². The summed E-state index contributed by atoms with van der Waals surface area (Å²) >= 11 is 0. The van der Waals surface area contributed by atoms with Crippen LogP contribution in [0.4, 0.5) is 0 Å². The Hall–Kier alpha value is -3.14. The highest BCUT2D eigenvalue weighted by Gasteiger charge is 2.25. The molecule has 4 rings (SSSR count). The molecule has 0 aliphatic carbocycles. The zero-order valence-corrected chi connectivity index (χ0v) is 17.3. The number of rotatable bonds is 2. The lowest BCUT2D eigenvalue weighted by atomic mass is 9.94. The summed E-state index contributed by atoms with van der Waals surface area (Å²) in [5.74, 6) is 2.20. The minimum atomic E-state index is 0.722. The Balaban J connectivity index is 2.17. The normalized spacial score (nSPS) is 11.2. The lowest BCUT2D eigenvalue weighted by Crippen LogP contribution is -2.33. The van der Waals surface area contributed by atoms with Crippen molar-refractivity contribution in [2.75, 3.05) is 0 Å². The predicted molar refractivity (Wildman–Crippen MR) is 113 cm³/mol. The number of para-hydroxylation sites is 1. The van der Waals surface area contributed by atoms with Gasteiger partial charge in [0.2, 0.25) is 11.2 Å². The van der Waals surface area contributed by atoms with Crippen LogP contribution in [0.1, 0.15) is 28.3 Å². The van der Waals surface area contributed by atoms with Crippen molar-refractivity contribution in [1.82, 2.24) is 15.0 Å². The van der Waals surface area contributed by atoms with Crippen LogP contribution in [0.2, 0.25) is 0 Å². The first-order chi connectivity index (χ1) is 13.3. The van der Waals surface area contributed by atoms with E-state index < -0.39 is 0 Å². The fourth-order valence-corrected chi connectivity index (χ4v) is 3.96. The molecule has 140 valence electrons. The average molecular weight is 369 g/mol. The summed E-state index contributed by atoms with van der Waals surface area (Å²) in [6.45, 7) is 10.3. The van der Waals surface area contributed by atoms with Crippen LogP contribution in [0.3, 0.4) is 0 Å². The number of pyridine rings is 1. The van der Waals surface area contributed by atoms with Gasteiger partial charge in [-0.1, -0.05) is 23.8 Å². The molecule has 4 aromatic rings. The molecule has 0 aliphatic rings. The monoisotopic (exact) mass is 369 g/mol. The highest BCUT2D eigenvalue weighted by Crippen LogP contribution is 2.33. The van der Waals surface area contributed by atoms with Crippen molar-refractivity contribution in [2.45, 2.75) is 34.6 Å². The summed E-state index contributed by atoms with van der Waals surface area (Å²) in [4.78, 5) is 13.7. The van der Waals surface area contributed by atoms with Crippen molar-refractivity contribution < 1.29 is 4.57 Å². The molecule has 0 spiro atoms. The number of hydrogen-bond donors (Lipinski definition) is 0. The van der Waals surface area contributed by atoms with Gasteiger partial charge in [0, 0.05) is 11.5 Å². The second kappa shape index (κ2) is 6.79. The van der Waals surface area contributed by atoms with E-state index in [2.05, 4.69) is 89.8 Å². The maximum atomic E-state index is 4.68. The van der Waals surface area contributed by atoms with E-state index in [-0.39, 0.29) is 0 Å². The van der Waals surface area contributed by atoms with Crippen molar-refractivity contribution in [2.24, 2.45) is 7.05 Å². The average Bonchev–Trinajstić information content (AvgIpc) is 2.64. The summed E-state index contributed by atoms with van der Waals surface area (Å²) < 4.78 is 2.26. The standard InChI is InChI=1S/C24H25N4/c1-14-11-15(2)16(3)20(12-14)23-21(24-26-17(4)25-18(5)27-24)13-19-9-7-8-10-22(19)28(23)6/h7-13H,1-6H3/q+1. The topological polar surface area (TPSA) is 42.6 Å². The largest absolute Gasteiger partial charge is 0.224 e. The SMILES string of the molecule is Cc1cc(C)c(C)c(-c2c(-c3nc(C)nc(C)n3)cc3ccccc3[n+]2C)c1. The van der Waals surface area contributed by atoms with Gasteiger partial charge in [-0.15, -0.1) is 0 Å². The van der Waals surface area contributed by atoms with Crippen LogP contribution in [0, 0.1) is 34.6 Å². The van der Waals surface area contributed by atoms with E-state index >= 15 is 0 Å². The fraction of sp³-hybridized carbons (Fsp3) is 0.250. The van der Waals surface area contributed by atoms with Crippen molar-refractivity contribution in [3.63, 3.8) is 0 Å². The van der Waals surface area contributed by atoms with Crippen molar-refractivity contribution >= 4 is 10.9 Å². The highest BCUT2D eigenvalue weighted by atomic mass is 15.0. The molecule has 0 radical (unpaired) electrons. The van der Waals surface area contributed by atoms with Gasteiger partial charge in [0.05, 0.1) is 11.1 Å². The van der Waals surface area contributed by atoms with Gasteiger partial charge in [-0.2, -0.15) is 4.57 Å². The maximum absolute atomic E-state index is 4.68. The van der Waals surface area contributed by atoms with Gasteiger partial charge >= 0.3 is 0 Å².